The Morgan fingerprint density at radius 2 is 2.12 bits per heavy atom. The maximum atomic E-state index is 4.47. The van der Waals surface area contributed by atoms with E-state index in [-0.39, 0.29) is 5.54 Å². The fraction of sp³-hybridized carbons (Fsp3) is 0.786. The zero-order chi connectivity index (χ0) is 12.9. The summed E-state index contributed by atoms with van der Waals surface area (Å²) in [5.41, 5.74) is 1.41. The quantitative estimate of drug-likeness (QED) is 0.824. The van der Waals surface area contributed by atoms with E-state index in [9.17, 15) is 0 Å². The largest absolute Gasteiger partial charge is 0.312 e. The number of nitrogens with zero attached hydrogens (tertiary/aromatic N) is 2. The fourth-order valence-corrected chi connectivity index (χ4v) is 2.00. The molecule has 3 nitrogen and oxygen atoms in total. The summed E-state index contributed by atoms with van der Waals surface area (Å²) in [5, 5.41) is 8.07. The van der Waals surface area contributed by atoms with Crippen molar-refractivity contribution in [3.8, 4) is 0 Å². The van der Waals surface area contributed by atoms with Crippen LogP contribution in [0.3, 0.4) is 0 Å². The van der Waals surface area contributed by atoms with Gasteiger partial charge < -0.3 is 5.32 Å². The summed E-state index contributed by atoms with van der Waals surface area (Å²) in [6.45, 7) is 9.99. The fourth-order valence-electron chi connectivity index (χ4n) is 2.00. The third-order valence-electron chi connectivity index (χ3n) is 2.88. The van der Waals surface area contributed by atoms with E-state index in [0.717, 1.165) is 13.0 Å². The first-order valence-electron chi connectivity index (χ1n) is 6.64. The molecule has 0 aliphatic heterocycles. The van der Waals surface area contributed by atoms with Gasteiger partial charge in [-0.1, -0.05) is 13.3 Å². The van der Waals surface area contributed by atoms with Gasteiger partial charge in [0.15, 0.2) is 0 Å². The molecule has 0 fully saturated rings. The maximum Gasteiger partial charge on any atom is 0.0627 e. The number of hydrogen-bond acceptors (Lipinski definition) is 2. The summed E-state index contributed by atoms with van der Waals surface area (Å²) in [5.74, 6) is 0.689. The molecule has 0 saturated heterocycles. The zero-order valence-electron chi connectivity index (χ0n) is 12.0. The molecule has 0 radical (unpaired) electrons. The lowest BCUT2D eigenvalue weighted by atomic mass is 9.96. The van der Waals surface area contributed by atoms with Crippen LogP contribution in [-0.4, -0.2) is 21.9 Å². The van der Waals surface area contributed by atoms with Gasteiger partial charge in [0.2, 0.25) is 0 Å². The monoisotopic (exact) mass is 237 g/mol. The van der Waals surface area contributed by atoms with E-state index in [0.29, 0.717) is 5.92 Å². The van der Waals surface area contributed by atoms with Gasteiger partial charge in [-0.2, -0.15) is 5.10 Å². The predicted molar refractivity (Wildman–Crippen MR) is 73.1 cm³/mol. The molecule has 1 rings (SSSR count). The van der Waals surface area contributed by atoms with Crippen LogP contribution in [0.25, 0.3) is 0 Å². The molecule has 0 saturated carbocycles. The first-order valence-corrected chi connectivity index (χ1v) is 6.64. The molecule has 1 aromatic heterocycles. The highest BCUT2D eigenvalue weighted by molar-refractivity contribution is 5.00. The SMILES string of the molecule is CCCC(CNC(C)(C)C)Cc1ccn(C)n1. The van der Waals surface area contributed by atoms with Crippen molar-refractivity contribution < 1.29 is 0 Å². The molecule has 0 amide bonds. The molecule has 3 heteroatoms. The minimum absolute atomic E-state index is 0.204. The summed E-state index contributed by atoms with van der Waals surface area (Å²) < 4.78 is 1.88. The smallest absolute Gasteiger partial charge is 0.0627 e. The Balaban J connectivity index is 2.48. The Hall–Kier alpha value is -0.830. The van der Waals surface area contributed by atoms with Crippen LogP contribution in [0.5, 0.6) is 0 Å². The molecule has 1 unspecified atom stereocenters. The highest BCUT2D eigenvalue weighted by Crippen LogP contribution is 2.13. The van der Waals surface area contributed by atoms with Gasteiger partial charge in [0, 0.05) is 18.8 Å². The van der Waals surface area contributed by atoms with E-state index < -0.39 is 0 Å². The molecule has 1 N–H and O–H groups in total. The van der Waals surface area contributed by atoms with Crippen molar-refractivity contribution in [2.45, 2.75) is 52.5 Å². The molecule has 0 aliphatic rings. The standard InChI is InChI=1S/C14H27N3/c1-6-7-12(11-15-14(2,3)4)10-13-8-9-17(5)16-13/h8-9,12,15H,6-7,10-11H2,1-5H3. The number of rotatable bonds is 6. The van der Waals surface area contributed by atoms with Gasteiger partial charge in [-0.25, -0.2) is 0 Å². The van der Waals surface area contributed by atoms with E-state index in [4.69, 9.17) is 0 Å². The Morgan fingerprint density at radius 3 is 2.59 bits per heavy atom. The van der Waals surface area contributed by atoms with Gasteiger partial charge in [0.05, 0.1) is 5.69 Å². The molecule has 0 spiro atoms. The zero-order valence-corrected chi connectivity index (χ0v) is 12.0. The van der Waals surface area contributed by atoms with Crippen molar-refractivity contribution in [3.05, 3.63) is 18.0 Å². The number of nitrogens with one attached hydrogen (secondary N) is 1. The Kier molecular flexibility index (Phi) is 5.19. The van der Waals surface area contributed by atoms with Crippen LogP contribution in [0.2, 0.25) is 0 Å². The number of aromatic nitrogens is 2. The summed E-state index contributed by atoms with van der Waals surface area (Å²) in [4.78, 5) is 0. The van der Waals surface area contributed by atoms with Gasteiger partial charge in [-0.05, 0) is 52.1 Å². The molecule has 98 valence electrons. The highest BCUT2D eigenvalue weighted by Gasteiger charge is 2.15. The van der Waals surface area contributed by atoms with Crippen LogP contribution in [-0.2, 0) is 13.5 Å². The van der Waals surface area contributed by atoms with Gasteiger partial charge in [0.1, 0.15) is 0 Å². The molecule has 0 aliphatic carbocycles. The second kappa shape index (κ2) is 6.20. The number of hydrogen-bond donors (Lipinski definition) is 1. The average Bonchev–Trinajstić information content (AvgIpc) is 2.60. The molecule has 17 heavy (non-hydrogen) atoms. The molecular formula is C14H27N3. The van der Waals surface area contributed by atoms with Crippen LogP contribution in [0.1, 0.15) is 46.2 Å². The molecule has 0 aromatic carbocycles. The van der Waals surface area contributed by atoms with Gasteiger partial charge in [0.25, 0.3) is 0 Å². The van der Waals surface area contributed by atoms with E-state index in [1.807, 2.05) is 17.9 Å². The van der Waals surface area contributed by atoms with E-state index in [1.165, 1.54) is 18.5 Å². The van der Waals surface area contributed by atoms with E-state index in [2.05, 4.69) is 44.2 Å². The first-order chi connectivity index (χ1) is 7.90. The van der Waals surface area contributed by atoms with Crippen molar-refractivity contribution in [1.29, 1.82) is 0 Å². The van der Waals surface area contributed by atoms with Crippen LogP contribution in [0.15, 0.2) is 12.3 Å². The maximum absolute atomic E-state index is 4.47. The first kappa shape index (κ1) is 14.2. The highest BCUT2D eigenvalue weighted by atomic mass is 15.2. The molecule has 0 bridgehead atoms. The number of aryl methyl sites for hydroxylation is 1. The summed E-state index contributed by atoms with van der Waals surface area (Å²) in [6, 6.07) is 2.12. The third-order valence-corrected chi connectivity index (χ3v) is 2.88. The van der Waals surface area contributed by atoms with Crippen molar-refractivity contribution in [3.63, 3.8) is 0 Å². The van der Waals surface area contributed by atoms with Crippen LogP contribution >= 0.6 is 0 Å². The minimum Gasteiger partial charge on any atom is -0.312 e. The lowest BCUT2D eigenvalue weighted by Crippen LogP contribution is -2.39. The van der Waals surface area contributed by atoms with Crippen molar-refractivity contribution in [1.82, 2.24) is 15.1 Å². The lowest BCUT2D eigenvalue weighted by molar-refractivity contribution is 0.353. The molecule has 1 heterocycles. The van der Waals surface area contributed by atoms with Crippen molar-refractivity contribution >= 4 is 0 Å². The lowest BCUT2D eigenvalue weighted by Gasteiger charge is -2.24. The van der Waals surface area contributed by atoms with Crippen molar-refractivity contribution in [2.75, 3.05) is 6.54 Å². The van der Waals surface area contributed by atoms with E-state index >= 15 is 0 Å². The normalized spacial score (nSPS) is 13.9. The summed E-state index contributed by atoms with van der Waals surface area (Å²) in [6.07, 6.45) is 5.61. The molecule has 1 aromatic rings. The summed E-state index contributed by atoms with van der Waals surface area (Å²) in [7, 11) is 1.98. The van der Waals surface area contributed by atoms with Gasteiger partial charge >= 0.3 is 0 Å². The molecular weight excluding hydrogens is 210 g/mol. The third kappa shape index (κ3) is 5.87. The van der Waals surface area contributed by atoms with Crippen LogP contribution in [0, 0.1) is 5.92 Å². The Labute approximate surface area is 106 Å². The predicted octanol–water partition coefficient (Wildman–Crippen LogP) is 2.77. The minimum atomic E-state index is 0.204. The second-order valence-electron chi connectivity index (χ2n) is 5.97. The topological polar surface area (TPSA) is 29.9 Å². The van der Waals surface area contributed by atoms with Crippen LogP contribution in [0.4, 0.5) is 0 Å². The van der Waals surface area contributed by atoms with Crippen LogP contribution < -0.4 is 5.32 Å². The van der Waals surface area contributed by atoms with Gasteiger partial charge in [-0.3, -0.25) is 4.68 Å². The van der Waals surface area contributed by atoms with E-state index in [1.54, 1.807) is 0 Å². The van der Waals surface area contributed by atoms with Crippen molar-refractivity contribution in [2.24, 2.45) is 13.0 Å². The second-order valence-corrected chi connectivity index (χ2v) is 5.97. The average molecular weight is 237 g/mol. The Morgan fingerprint density at radius 1 is 1.41 bits per heavy atom. The van der Waals surface area contributed by atoms with Gasteiger partial charge in [-0.15, -0.1) is 0 Å². The summed E-state index contributed by atoms with van der Waals surface area (Å²) >= 11 is 0. The molecule has 1 atom stereocenters. The Bertz CT molecular complexity index is 322.